The highest BCUT2D eigenvalue weighted by Gasteiger charge is 2.67. The molecule has 4 N–H and O–H groups in total. The van der Waals surface area contributed by atoms with Gasteiger partial charge in [0.2, 0.25) is 0 Å². The van der Waals surface area contributed by atoms with E-state index in [1.165, 1.54) is 6.92 Å². The van der Waals surface area contributed by atoms with Crippen LogP contribution < -0.4 is 20.7 Å². The molecule has 8 nitrogen and oxygen atoms in total. The summed E-state index contributed by atoms with van der Waals surface area (Å²) < 4.78 is 34.3. The van der Waals surface area contributed by atoms with Crippen LogP contribution in [-0.2, 0) is 4.79 Å². The van der Waals surface area contributed by atoms with Crippen molar-refractivity contribution in [2.75, 3.05) is 38.2 Å². The van der Waals surface area contributed by atoms with Gasteiger partial charge in [0.15, 0.2) is 11.6 Å². The van der Waals surface area contributed by atoms with Gasteiger partial charge in [-0.15, -0.1) is 0 Å². The van der Waals surface area contributed by atoms with E-state index in [2.05, 4.69) is 10.3 Å². The molecule has 0 bridgehead atoms. The number of carbonyl (C=O) groups excluding carboxylic acids is 1. The second-order valence-corrected chi connectivity index (χ2v) is 10.4. The van der Waals surface area contributed by atoms with Crippen molar-refractivity contribution in [1.29, 1.82) is 0 Å². The van der Waals surface area contributed by atoms with Crippen molar-refractivity contribution in [3.05, 3.63) is 40.2 Å². The lowest BCUT2D eigenvalue weighted by atomic mass is 9.60. The van der Waals surface area contributed by atoms with Gasteiger partial charge in [-0.25, -0.2) is 18.7 Å². The first-order valence-corrected chi connectivity index (χ1v) is 12.5. The normalized spacial score (nSPS) is 19.1. The summed E-state index contributed by atoms with van der Waals surface area (Å²) >= 11 is 6.52. The summed E-state index contributed by atoms with van der Waals surface area (Å²) in [5.74, 6) is -1.85. The Kier molecular flexibility index (Phi) is 7.47. The summed E-state index contributed by atoms with van der Waals surface area (Å²) in [7, 11) is 1.73. The SMILES string of the molecule is CNC[C@@H](O)COc1ccc(Cl)c(-c2nc(C(C(C)=O)=C(C)N)c(C)c(N3CC4(CCC4(F)F)C3)n2)c1. The number of hydrogen-bond acceptors (Lipinski definition) is 8. The highest BCUT2D eigenvalue weighted by molar-refractivity contribution is 6.33. The predicted molar refractivity (Wildman–Crippen MR) is 139 cm³/mol. The van der Waals surface area contributed by atoms with Gasteiger partial charge in [-0.05, 0) is 52.4 Å². The van der Waals surface area contributed by atoms with Crippen LogP contribution in [0, 0.1) is 12.3 Å². The zero-order chi connectivity index (χ0) is 27.1. The Morgan fingerprint density at radius 3 is 2.54 bits per heavy atom. The Bertz CT molecular complexity index is 1240. The number of nitrogens with one attached hydrogen (secondary N) is 1. The topological polar surface area (TPSA) is 114 Å². The van der Waals surface area contributed by atoms with Gasteiger partial charge >= 0.3 is 0 Å². The Balaban J connectivity index is 1.77. The summed E-state index contributed by atoms with van der Waals surface area (Å²) in [5.41, 5.74) is 6.91. The third-order valence-corrected chi connectivity index (χ3v) is 7.47. The van der Waals surface area contributed by atoms with E-state index in [9.17, 15) is 18.7 Å². The van der Waals surface area contributed by atoms with Gasteiger partial charge in [-0.2, -0.15) is 0 Å². The van der Waals surface area contributed by atoms with E-state index in [-0.39, 0.29) is 43.3 Å². The minimum atomic E-state index is -2.69. The van der Waals surface area contributed by atoms with E-state index in [4.69, 9.17) is 27.1 Å². The summed E-state index contributed by atoms with van der Waals surface area (Å²) in [6, 6.07) is 4.94. The van der Waals surface area contributed by atoms with Crippen LogP contribution in [0.4, 0.5) is 14.6 Å². The van der Waals surface area contributed by atoms with E-state index >= 15 is 0 Å². The van der Waals surface area contributed by atoms with E-state index in [0.29, 0.717) is 52.1 Å². The van der Waals surface area contributed by atoms with Gasteiger partial charge in [0, 0.05) is 42.9 Å². The first-order chi connectivity index (χ1) is 17.4. The molecule has 1 aliphatic heterocycles. The minimum absolute atomic E-state index is 0.0564. The van der Waals surface area contributed by atoms with Crippen molar-refractivity contribution >= 4 is 28.8 Å². The number of aromatic nitrogens is 2. The molecule has 0 unspecified atom stereocenters. The van der Waals surface area contributed by atoms with Gasteiger partial charge < -0.3 is 25.8 Å². The molecule has 4 rings (SSSR count). The number of benzene rings is 1. The van der Waals surface area contributed by atoms with Crippen LogP contribution in [0.15, 0.2) is 23.9 Å². The van der Waals surface area contributed by atoms with Crippen LogP contribution >= 0.6 is 11.6 Å². The molecule has 1 aromatic heterocycles. The summed E-state index contributed by atoms with van der Waals surface area (Å²) in [6.45, 7) is 5.52. The molecule has 0 radical (unpaired) electrons. The number of carbonyl (C=O) groups is 1. The first-order valence-electron chi connectivity index (χ1n) is 12.1. The number of ketones is 1. The maximum atomic E-state index is 14.3. The smallest absolute Gasteiger partial charge is 0.257 e. The number of anilines is 1. The van der Waals surface area contributed by atoms with Gasteiger partial charge in [-0.1, -0.05) is 11.6 Å². The third kappa shape index (κ3) is 5.02. The summed E-state index contributed by atoms with van der Waals surface area (Å²) in [6.07, 6.45) is -0.349. The van der Waals surface area contributed by atoms with Crippen LogP contribution in [0.5, 0.6) is 5.75 Å². The number of aliphatic hydroxyl groups excluding tert-OH is 1. The molecule has 1 atom stereocenters. The van der Waals surface area contributed by atoms with E-state index < -0.39 is 17.4 Å². The molecule has 1 saturated heterocycles. The van der Waals surface area contributed by atoms with Crippen molar-refractivity contribution in [2.24, 2.45) is 11.1 Å². The highest BCUT2D eigenvalue weighted by atomic mass is 35.5. The van der Waals surface area contributed by atoms with Crippen molar-refractivity contribution in [3.63, 3.8) is 0 Å². The average molecular weight is 536 g/mol. The molecule has 1 aromatic carbocycles. The molecule has 11 heteroatoms. The zero-order valence-electron chi connectivity index (χ0n) is 21.4. The second kappa shape index (κ2) is 10.2. The molecule has 1 saturated carbocycles. The van der Waals surface area contributed by atoms with Crippen LogP contribution in [0.2, 0.25) is 5.02 Å². The van der Waals surface area contributed by atoms with E-state index in [1.807, 2.05) is 0 Å². The van der Waals surface area contributed by atoms with Crippen LogP contribution in [-0.4, -0.2) is 66.2 Å². The predicted octanol–water partition coefficient (Wildman–Crippen LogP) is 3.58. The number of aliphatic hydroxyl groups is 1. The largest absolute Gasteiger partial charge is 0.491 e. The number of nitrogens with zero attached hydrogens (tertiary/aromatic N) is 3. The number of ether oxygens (including phenoxy) is 1. The fourth-order valence-electron chi connectivity index (χ4n) is 4.95. The highest BCUT2D eigenvalue weighted by Crippen LogP contribution is 2.59. The standard InChI is InChI=1S/C26H32ClF2N5O3/c1-14-22(21(15(2)30)16(3)35)32-23(33-24(14)34-12-25(13-34)7-8-26(25,28)29)19-9-18(5-6-20(19)27)37-11-17(36)10-31-4/h5-6,9,17,31,36H,7-8,10-13,30H2,1-4H3/t17-/m1/s1. The monoisotopic (exact) mass is 535 g/mol. The number of alkyl halides is 2. The third-order valence-electron chi connectivity index (χ3n) is 7.14. The number of rotatable bonds is 9. The maximum Gasteiger partial charge on any atom is 0.257 e. The second-order valence-electron chi connectivity index (χ2n) is 9.96. The van der Waals surface area contributed by atoms with Gasteiger partial charge in [0.1, 0.15) is 24.3 Å². The van der Waals surface area contributed by atoms with Gasteiger partial charge in [-0.3, -0.25) is 4.79 Å². The van der Waals surface area contributed by atoms with E-state index in [1.54, 1.807) is 44.0 Å². The van der Waals surface area contributed by atoms with Crippen molar-refractivity contribution in [3.8, 4) is 17.1 Å². The van der Waals surface area contributed by atoms with Gasteiger partial charge in [0.25, 0.3) is 5.92 Å². The fourth-order valence-corrected chi connectivity index (χ4v) is 5.15. The first kappa shape index (κ1) is 27.2. The number of hydrogen-bond donors (Lipinski definition) is 3. The van der Waals surface area contributed by atoms with Crippen molar-refractivity contribution in [2.45, 2.75) is 45.6 Å². The lowest BCUT2D eigenvalue weighted by molar-refractivity contribution is -0.212. The maximum absolute atomic E-state index is 14.3. The summed E-state index contributed by atoms with van der Waals surface area (Å²) in [5, 5.41) is 13.2. The van der Waals surface area contributed by atoms with Gasteiger partial charge in [0.05, 0.1) is 21.7 Å². The molecule has 2 aromatic rings. The average Bonchev–Trinajstić information content (AvgIpc) is 2.79. The molecule has 1 aliphatic carbocycles. The Labute approximate surface area is 219 Å². The number of likely N-dealkylation sites (N-methyl/N-ethyl adjacent to an activating group) is 1. The molecular weight excluding hydrogens is 504 g/mol. The molecular formula is C26H32ClF2N5O3. The Morgan fingerprint density at radius 2 is 2.00 bits per heavy atom. The number of halogens is 3. The number of allylic oxidation sites excluding steroid dienone is 2. The summed E-state index contributed by atoms with van der Waals surface area (Å²) in [4.78, 5) is 23.7. The van der Waals surface area contributed by atoms with E-state index in [0.717, 1.165) is 0 Å². The fraction of sp³-hybridized carbons (Fsp3) is 0.500. The lowest BCUT2D eigenvalue weighted by Crippen LogP contribution is -2.70. The molecule has 37 heavy (non-hydrogen) atoms. The molecule has 2 heterocycles. The Hall–Kier alpha value is -2.82. The van der Waals surface area contributed by atoms with Crippen molar-refractivity contribution < 1.29 is 23.4 Å². The van der Waals surface area contributed by atoms with Crippen LogP contribution in [0.3, 0.4) is 0 Å². The van der Waals surface area contributed by atoms with Crippen molar-refractivity contribution in [1.82, 2.24) is 15.3 Å². The van der Waals surface area contributed by atoms with Crippen LogP contribution in [0.25, 0.3) is 17.0 Å². The molecule has 200 valence electrons. The van der Waals surface area contributed by atoms with Crippen LogP contribution in [0.1, 0.15) is 37.9 Å². The minimum Gasteiger partial charge on any atom is -0.491 e. The zero-order valence-corrected chi connectivity index (χ0v) is 22.1. The number of nitrogens with two attached hydrogens (primary N) is 1. The Morgan fingerprint density at radius 1 is 1.30 bits per heavy atom. The molecule has 2 aliphatic rings. The molecule has 2 fully saturated rings. The number of Topliss-reactive ketones (excluding diaryl/α,β-unsaturated/α-hetero) is 1. The molecule has 0 amide bonds. The quantitative estimate of drug-likeness (QED) is 0.418. The molecule has 1 spiro atoms. The lowest BCUT2D eigenvalue weighted by Gasteiger charge is -2.60.